The molecule has 22 heavy (non-hydrogen) atoms. The number of nitrogens with zero attached hydrogens (tertiary/aromatic N) is 3. The maximum Gasteiger partial charge on any atom is 0.151 e. The van der Waals surface area contributed by atoms with Crippen LogP contribution < -0.4 is 5.32 Å². The maximum absolute atomic E-state index is 9.73. The first-order valence-electron chi connectivity index (χ1n) is 7.84. The Hall–Kier alpha value is -1.43. The van der Waals surface area contributed by atoms with E-state index in [9.17, 15) is 5.11 Å². The van der Waals surface area contributed by atoms with Gasteiger partial charge in [0.25, 0.3) is 0 Å². The van der Waals surface area contributed by atoms with E-state index in [1.54, 1.807) is 0 Å². The van der Waals surface area contributed by atoms with Crippen molar-refractivity contribution in [1.29, 1.82) is 0 Å². The van der Waals surface area contributed by atoms with E-state index < -0.39 is 0 Å². The third-order valence-electron chi connectivity index (χ3n) is 4.70. The number of aromatic nitrogens is 3. The Bertz CT molecular complexity index is 691. The first-order valence-corrected chi connectivity index (χ1v) is 8.22. The lowest BCUT2D eigenvalue weighted by Crippen LogP contribution is -2.20. The van der Waals surface area contributed by atoms with Crippen LogP contribution in [0.15, 0.2) is 18.2 Å². The Morgan fingerprint density at radius 3 is 2.77 bits per heavy atom. The molecule has 2 aromatic rings. The second kappa shape index (κ2) is 5.65. The van der Waals surface area contributed by atoms with Crippen molar-refractivity contribution >= 4 is 11.6 Å². The Morgan fingerprint density at radius 2 is 1.95 bits per heavy atom. The molecule has 5 nitrogen and oxygen atoms in total. The lowest BCUT2D eigenvalue weighted by atomic mass is 9.87. The molecular weight excluding hydrogens is 300 g/mol. The summed E-state index contributed by atoms with van der Waals surface area (Å²) in [6.07, 6.45) is 3.47. The van der Waals surface area contributed by atoms with Gasteiger partial charge in [0.05, 0.1) is 18.3 Å². The summed E-state index contributed by atoms with van der Waals surface area (Å²) in [6.45, 7) is 1.48. The van der Waals surface area contributed by atoms with Crippen molar-refractivity contribution in [2.75, 3.05) is 0 Å². The fraction of sp³-hybridized carbons (Fsp3) is 0.500. The van der Waals surface area contributed by atoms with Crippen LogP contribution in [0.3, 0.4) is 0 Å². The molecular formula is C16H19ClN4O. The van der Waals surface area contributed by atoms with Crippen LogP contribution in [0.4, 0.5) is 0 Å². The minimum atomic E-state index is -0.157. The summed E-state index contributed by atoms with van der Waals surface area (Å²) in [5.41, 5.74) is 2.29. The third kappa shape index (κ3) is 2.43. The van der Waals surface area contributed by atoms with Crippen LogP contribution >= 0.6 is 11.6 Å². The lowest BCUT2D eigenvalue weighted by Gasteiger charge is -2.25. The minimum Gasteiger partial charge on any atom is -0.393 e. The Kier molecular flexibility index (Phi) is 3.64. The molecule has 0 saturated heterocycles. The molecule has 1 aliphatic carbocycles. The normalized spacial score (nSPS) is 24.5. The number of fused-ring (bicyclic) bond motifs is 3. The molecule has 0 spiro atoms. The molecule has 0 radical (unpaired) electrons. The molecule has 0 atom stereocenters. The summed E-state index contributed by atoms with van der Waals surface area (Å²) >= 11 is 6.14. The van der Waals surface area contributed by atoms with Crippen molar-refractivity contribution in [1.82, 2.24) is 20.1 Å². The highest BCUT2D eigenvalue weighted by atomic mass is 35.5. The lowest BCUT2D eigenvalue weighted by molar-refractivity contribution is 0.121. The highest BCUT2D eigenvalue weighted by molar-refractivity contribution is 6.30. The topological polar surface area (TPSA) is 63.0 Å². The third-order valence-corrected chi connectivity index (χ3v) is 4.93. The molecule has 2 N–H and O–H groups in total. The highest BCUT2D eigenvalue weighted by Gasteiger charge is 2.28. The number of hydrogen-bond donors (Lipinski definition) is 2. The second-order valence-electron chi connectivity index (χ2n) is 6.19. The quantitative estimate of drug-likeness (QED) is 0.848. The maximum atomic E-state index is 9.73. The average molecular weight is 319 g/mol. The zero-order valence-corrected chi connectivity index (χ0v) is 13.1. The van der Waals surface area contributed by atoms with Gasteiger partial charge in [-0.05, 0) is 49.4 Å². The van der Waals surface area contributed by atoms with Crippen molar-refractivity contribution in [2.45, 2.75) is 50.8 Å². The van der Waals surface area contributed by atoms with E-state index >= 15 is 0 Å². The van der Waals surface area contributed by atoms with E-state index in [1.165, 1.54) is 5.56 Å². The summed E-state index contributed by atoms with van der Waals surface area (Å²) in [5, 5.41) is 22.7. The van der Waals surface area contributed by atoms with E-state index in [-0.39, 0.29) is 6.10 Å². The van der Waals surface area contributed by atoms with Crippen molar-refractivity contribution in [2.24, 2.45) is 0 Å². The van der Waals surface area contributed by atoms with Gasteiger partial charge in [-0.15, -0.1) is 10.2 Å². The molecule has 116 valence electrons. The number of aliphatic hydroxyl groups is 1. The van der Waals surface area contributed by atoms with Gasteiger partial charge < -0.3 is 10.4 Å². The van der Waals surface area contributed by atoms with Gasteiger partial charge in [-0.25, -0.2) is 0 Å². The molecule has 1 saturated carbocycles. The van der Waals surface area contributed by atoms with Crippen LogP contribution in [0.1, 0.15) is 48.8 Å². The molecule has 2 aliphatic rings. The van der Waals surface area contributed by atoms with E-state index in [0.717, 1.165) is 54.6 Å². The number of aliphatic hydroxyl groups excluding tert-OH is 1. The summed E-state index contributed by atoms with van der Waals surface area (Å²) in [4.78, 5) is 0. The number of hydrogen-bond acceptors (Lipinski definition) is 4. The Morgan fingerprint density at radius 1 is 1.14 bits per heavy atom. The fourth-order valence-corrected chi connectivity index (χ4v) is 3.72. The summed E-state index contributed by atoms with van der Waals surface area (Å²) < 4.78 is 2.19. The second-order valence-corrected chi connectivity index (χ2v) is 6.63. The van der Waals surface area contributed by atoms with Gasteiger partial charge in [0.2, 0.25) is 0 Å². The summed E-state index contributed by atoms with van der Waals surface area (Å²) in [6, 6.07) is 5.98. The number of benzene rings is 1. The van der Waals surface area contributed by atoms with Crippen LogP contribution in [0.2, 0.25) is 5.02 Å². The minimum absolute atomic E-state index is 0.157. The summed E-state index contributed by atoms with van der Waals surface area (Å²) in [5.74, 6) is 2.34. The van der Waals surface area contributed by atoms with Crippen LogP contribution in [0, 0.1) is 0 Å². The SMILES string of the molecule is OC1CCC(c2nnc3n2-c2ccc(Cl)cc2CNC3)CC1. The highest BCUT2D eigenvalue weighted by Crippen LogP contribution is 2.35. The molecule has 1 fully saturated rings. The Balaban J connectivity index is 1.79. The predicted molar refractivity (Wildman–Crippen MR) is 84.1 cm³/mol. The van der Waals surface area contributed by atoms with Gasteiger partial charge >= 0.3 is 0 Å². The number of nitrogens with one attached hydrogen (secondary N) is 1. The molecule has 1 aliphatic heterocycles. The molecule has 1 aromatic carbocycles. The Labute approximate surface area is 134 Å². The molecule has 0 unspecified atom stereocenters. The van der Waals surface area contributed by atoms with Crippen LogP contribution in [0.25, 0.3) is 5.69 Å². The van der Waals surface area contributed by atoms with Crippen molar-refractivity contribution in [3.8, 4) is 5.69 Å². The molecule has 0 bridgehead atoms. The number of halogens is 1. The molecule has 6 heteroatoms. The van der Waals surface area contributed by atoms with Crippen LogP contribution in [0.5, 0.6) is 0 Å². The zero-order valence-electron chi connectivity index (χ0n) is 12.3. The zero-order chi connectivity index (χ0) is 15.1. The standard InChI is InChI=1S/C16H19ClN4O/c17-12-3-6-14-11(7-12)8-18-9-15-19-20-16(21(14)15)10-1-4-13(22)5-2-10/h3,6-7,10,13,18,22H,1-2,4-5,8-9H2. The summed E-state index contributed by atoms with van der Waals surface area (Å²) in [7, 11) is 0. The van der Waals surface area contributed by atoms with E-state index in [2.05, 4.69) is 26.1 Å². The molecule has 1 aromatic heterocycles. The average Bonchev–Trinajstić information content (AvgIpc) is 2.84. The van der Waals surface area contributed by atoms with Gasteiger partial charge in [0.15, 0.2) is 5.82 Å². The largest absolute Gasteiger partial charge is 0.393 e. The van der Waals surface area contributed by atoms with E-state index in [4.69, 9.17) is 11.6 Å². The molecule has 0 amide bonds. The first-order chi connectivity index (χ1) is 10.7. The van der Waals surface area contributed by atoms with Gasteiger partial charge in [-0.2, -0.15) is 0 Å². The molecule has 2 heterocycles. The van der Waals surface area contributed by atoms with Crippen molar-refractivity contribution < 1.29 is 5.11 Å². The molecule has 4 rings (SSSR count). The van der Waals surface area contributed by atoms with Gasteiger partial charge in [0.1, 0.15) is 5.82 Å². The first kappa shape index (κ1) is 14.2. The smallest absolute Gasteiger partial charge is 0.151 e. The number of rotatable bonds is 1. The van der Waals surface area contributed by atoms with Gasteiger partial charge in [0, 0.05) is 17.5 Å². The monoisotopic (exact) mass is 318 g/mol. The van der Waals surface area contributed by atoms with E-state index in [0.29, 0.717) is 12.5 Å². The van der Waals surface area contributed by atoms with Crippen LogP contribution in [-0.4, -0.2) is 26.0 Å². The van der Waals surface area contributed by atoms with Crippen molar-refractivity contribution in [3.05, 3.63) is 40.4 Å². The van der Waals surface area contributed by atoms with Gasteiger partial charge in [-0.1, -0.05) is 11.6 Å². The van der Waals surface area contributed by atoms with E-state index in [1.807, 2.05) is 12.1 Å². The van der Waals surface area contributed by atoms with Crippen molar-refractivity contribution in [3.63, 3.8) is 0 Å². The van der Waals surface area contributed by atoms with Gasteiger partial charge in [-0.3, -0.25) is 4.57 Å². The van der Waals surface area contributed by atoms with Crippen LogP contribution in [-0.2, 0) is 13.1 Å². The predicted octanol–water partition coefficient (Wildman–Crippen LogP) is 2.54. The fourth-order valence-electron chi connectivity index (χ4n) is 3.53.